The number of alkyl halides is 6. The summed E-state index contributed by atoms with van der Waals surface area (Å²) in [5.74, 6) is -1.79. The van der Waals surface area contributed by atoms with E-state index in [2.05, 4.69) is 0 Å². The van der Waals surface area contributed by atoms with Crippen LogP contribution in [-0.4, -0.2) is 65.6 Å². The van der Waals surface area contributed by atoms with Gasteiger partial charge in [0.1, 0.15) is 0 Å². The van der Waals surface area contributed by atoms with E-state index in [0.29, 0.717) is 44.6 Å². The number of rotatable bonds is 5. The Kier molecular flexibility index (Phi) is 9.46. The Morgan fingerprint density at radius 3 is 1.98 bits per heavy atom. The highest BCUT2D eigenvalue weighted by Gasteiger charge is 2.41. The first-order valence-corrected chi connectivity index (χ1v) is 14.2. The molecule has 234 valence electrons. The highest BCUT2D eigenvalue weighted by atomic mass is 19.4. The summed E-state index contributed by atoms with van der Waals surface area (Å²) in [5.41, 5.74) is -1.38. The van der Waals surface area contributed by atoms with Crippen molar-refractivity contribution in [1.82, 2.24) is 14.7 Å². The number of carbonyl (C=O) groups is 3. The molecule has 43 heavy (non-hydrogen) atoms. The Hall–Kier alpha value is -3.57. The number of benzene rings is 2. The number of halogens is 6. The lowest BCUT2D eigenvalue weighted by atomic mass is 9.79. The van der Waals surface area contributed by atoms with Crippen LogP contribution in [0.3, 0.4) is 0 Å². The average Bonchev–Trinajstić information content (AvgIpc) is 2.95. The van der Waals surface area contributed by atoms with Crippen LogP contribution in [0.15, 0.2) is 42.5 Å². The molecule has 0 aromatic heterocycles. The van der Waals surface area contributed by atoms with E-state index in [4.69, 9.17) is 0 Å². The second kappa shape index (κ2) is 12.6. The van der Waals surface area contributed by atoms with Gasteiger partial charge in [0.25, 0.3) is 0 Å². The van der Waals surface area contributed by atoms with Gasteiger partial charge in [-0.25, -0.2) is 0 Å². The van der Waals surface area contributed by atoms with Gasteiger partial charge >= 0.3 is 12.4 Å². The van der Waals surface area contributed by atoms with Crippen LogP contribution in [0.4, 0.5) is 26.3 Å². The van der Waals surface area contributed by atoms with Gasteiger partial charge in [-0.2, -0.15) is 26.3 Å². The van der Waals surface area contributed by atoms with Crippen molar-refractivity contribution in [3.8, 4) is 0 Å². The van der Waals surface area contributed by atoms with E-state index in [1.807, 2.05) is 31.2 Å². The molecule has 2 aromatic rings. The molecule has 2 aliphatic rings. The molecule has 0 bridgehead atoms. The topological polar surface area (TPSA) is 60.9 Å². The summed E-state index contributed by atoms with van der Waals surface area (Å²) in [6, 6.07) is 8.86. The van der Waals surface area contributed by atoms with Gasteiger partial charge in [-0.3, -0.25) is 14.4 Å². The van der Waals surface area contributed by atoms with E-state index in [1.165, 1.54) is 14.0 Å². The smallest absolute Gasteiger partial charge is 0.343 e. The van der Waals surface area contributed by atoms with Gasteiger partial charge in [0, 0.05) is 64.4 Å². The van der Waals surface area contributed by atoms with Crippen LogP contribution in [-0.2, 0) is 33.3 Å². The number of nitrogens with zero attached hydrogens (tertiary/aromatic N) is 3. The molecule has 0 spiro atoms. The van der Waals surface area contributed by atoms with Crippen LogP contribution in [0, 0.1) is 18.8 Å². The van der Waals surface area contributed by atoms with Crippen molar-refractivity contribution in [1.29, 1.82) is 0 Å². The molecule has 2 atom stereocenters. The summed E-state index contributed by atoms with van der Waals surface area (Å²) in [6.45, 7) is 4.49. The molecule has 2 fully saturated rings. The minimum absolute atomic E-state index is 0.0337. The maximum Gasteiger partial charge on any atom is 0.416 e. The summed E-state index contributed by atoms with van der Waals surface area (Å²) < 4.78 is 80.3. The maximum absolute atomic E-state index is 13.8. The molecular formula is C31H35F6N3O3. The second-order valence-corrected chi connectivity index (χ2v) is 11.6. The third-order valence-corrected chi connectivity index (χ3v) is 8.44. The molecule has 0 unspecified atom stereocenters. The molecule has 6 nitrogen and oxygen atoms in total. The first kappa shape index (κ1) is 32.3. The Morgan fingerprint density at radius 2 is 1.44 bits per heavy atom. The van der Waals surface area contributed by atoms with Crippen LogP contribution in [0.2, 0.25) is 0 Å². The molecule has 12 heteroatoms. The molecule has 2 saturated heterocycles. The van der Waals surface area contributed by atoms with E-state index >= 15 is 0 Å². The number of carbonyl (C=O) groups excluding carboxylic acids is 3. The molecule has 0 aliphatic carbocycles. The molecule has 0 radical (unpaired) electrons. The van der Waals surface area contributed by atoms with Crippen molar-refractivity contribution in [2.75, 3.05) is 33.2 Å². The fourth-order valence-corrected chi connectivity index (χ4v) is 6.13. The molecule has 4 rings (SSSR count). The first-order chi connectivity index (χ1) is 20.0. The fraction of sp³-hybridized carbons (Fsp3) is 0.516. The van der Waals surface area contributed by atoms with Gasteiger partial charge in [-0.05, 0) is 55.5 Å². The summed E-state index contributed by atoms with van der Waals surface area (Å²) in [4.78, 5) is 43.6. The van der Waals surface area contributed by atoms with Crippen molar-refractivity contribution in [3.05, 3.63) is 70.3 Å². The zero-order valence-electron chi connectivity index (χ0n) is 24.3. The quantitative estimate of drug-likeness (QED) is 0.397. The van der Waals surface area contributed by atoms with Crippen molar-refractivity contribution in [2.45, 2.75) is 57.9 Å². The van der Waals surface area contributed by atoms with E-state index < -0.39 is 47.8 Å². The van der Waals surface area contributed by atoms with E-state index in [1.54, 1.807) is 9.80 Å². The van der Waals surface area contributed by atoms with Gasteiger partial charge in [0.15, 0.2) is 0 Å². The zero-order valence-corrected chi connectivity index (χ0v) is 24.3. The van der Waals surface area contributed by atoms with Gasteiger partial charge in [0.05, 0.1) is 11.1 Å². The minimum Gasteiger partial charge on any atom is -0.343 e. The zero-order chi connectivity index (χ0) is 31.7. The Bertz CT molecular complexity index is 1320. The molecule has 3 amide bonds. The number of likely N-dealkylation sites (tertiary alicyclic amines) is 2. The van der Waals surface area contributed by atoms with Crippen LogP contribution < -0.4 is 0 Å². The molecule has 2 heterocycles. The molecule has 0 N–H and O–H groups in total. The molecule has 0 saturated carbocycles. The third-order valence-electron chi connectivity index (χ3n) is 8.44. The lowest BCUT2D eigenvalue weighted by Crippen LogP contribution is -2.50. The molecular weight excluding hydrogens is 576 g/mol. The predicted octanol–water partition coefficient (Wildman–Crippen LogP) is 5.88. The third kappa shape index (κ3) is 7.69. The monoisotopic (exact) mass is 611 g/mol. The van der Waals surface area contributed by atoms with Gasteiger partial charge < -0.3 is 14.7 Å². The lowest BCUT2D eigenvalue weighted by molar-refractivity contribution is -0.145. The summed E-state index contributed by atoms with van der Waals surface area (Å²) in [7, 11) is 1.36. The summed E-state index contributed by atoms with van der Waals surface area (Å²) >= 11 is 0. The standard InChI is InChI=1S/C31H35F6N3O3/c1-19-5-4-6-23(13-19)27-18-40(28(42)22-7-10-39(11-8-22)20(2)41)12-9-26(27)29(43)38(3)17-21-14-24(30(32,33)34)16-25(15-21)31(35,36)37/h4-6,13-16,22,26-27H,7-12,17-18H2,1-3H3/t26-,27+/m0/s1. The Balaban J connectivity index is 1.55. The summed E-state index contributed by atoms with van der Waals surface area (Å²) in [5, 5.41) is 0. The highest BCUT2D eigenvalue weighted by molar-refractivity contribution is 5.82. The van der Waals surface area contributed by atoms with Crippen molar-refractivity contribution in [2.24, 2.45) is 11.8 Å². The number of aryl methyl sites for hydroxylation is 1. The number of amides is 3. The lowest BCUT2D eigenvalue weighted by Gasteiger charge is -2.42. The fourth-order valence-electron chi connectivity index (χ4n) is 6.13. The average molecular weight is 612 g/mol. The van der Waals surface area contributed by atoms with Crippen LogP contribution in [0.5, 0.6) is 0 Å². The summed E-state index contributed by atoms with van der Waals surface area (Å²) in [6.07, 6.45) is -8.60. The molecule has 2 aliphatic heterocycles. The Labute approximate surface area is 246 Å². The van der Waals surface area contributed by atoms with Crippen molar-refractivity contribution in [3.63, 3.8) is 0 Å². The normalized spacial score (nSPS) is 20.2. The van der Waals surface area contributed by atoms with Crippen LogP contribution in [0.25, 0.3) is 0 Å². The van der Waals surface area contributed by atoms with Gasteiger partial charge in [-0.15, -0.1) is 0 Å². The number of piperidine rings is 2. The van der Waals surface area contributed by atoms with Gasteiger partial charge in [0.2, 0.25) is 17.7 Å². The minimum atomic E-state index is -4.99. The van der Waals surface area contributed by atoms with Crippen molar-refractivity contribution >= 4 is 17.7 Å². The number of hydrogen-bond acceptors (Lipinski definition) is 3. The Morgan fingerprint density at radius 1 is 0.860 bits per heavy atom. The maximum atomic E-state index is 13.8. The second-order valence-electron chi connectivity index (χ2n) is 11.6. The van der Waals surface area contributed by atoms with E-state index in [9.17, 15) is 40.7 Å². The molecule has 2 aromatic carbocycles. The van der Waals surface area contributed by atoms with Crippen LogP contribution >= 0.6 is 0 Å². The van der Waals surface area contributed by atoms with Gasteiger partial charge in [-0.1, -0.05) is 29.8 Å². The van der Waals surface area contributed by atoms with Crippen molar-refractivity contribution < 1.29 is 40.7 Å². The first-order valence-electron chi connectivity index (χ1n) is 14.2. The van der Waals surface area contributed by atoms with Crippen LogP contribution in [0.1, 0.15) is 59.9 Å². The van der Waals surface area contributed by atoms with E-state index in [-0.39, 0.29) is 42.3 Å². The number of hydrogen-bond donors (Lipinski definition) is 0. The predicted molar refractivity (Wildman–Crippen MR) is 147 cm³/mol. The SMILES string of the molecule is CC(=O)N1CCC(C(=O)N2CC[C@H](C(=O)N(C)Cc3cc(C(F)(F)F)cc(C(F)(F)F)c3)[C@@H](c3cccc(C)c3)C2)CC1. The van der Waals surface area contributed by atoms with E-state index in [0.717, 1.165) is 16.0 Å². The highest BCUT2D eigenvalue weighted by Crippen LogP contribution is 2.38. The largest absolute Gasteiger partial charge is 0.416 e.